The van der Waals surface area contributed by atoms with E-state index in [4.69, 9.17) is 5.73 Å². The minimum absolute atomic E-state index is 0.736. The van der Waals surface area contributed by atoms with Gasteiger partial charge in [-0.25, -0.2) is 0 Å². The van der Waals surface area contributed by atoms with Crippen LogP contribution < -0.4 is 5.73 Å². The lowest BCUT2D eigenvalue weighted by atomic mass is 10.2. The van der Waals surface area contributed by atoms with Crippen molar-refractivity contribution in [2.75, 3.05) is 0 Å². The van der Waals surface area contributed by atoms with Crippen LogP contribution in [-0.4, -0.2) is 0 Å². The molecule has 0 spiro atoms. The molecule has 0 saturated heterocycles. The van der Waals surface area contributed by atoms with Crippen LogP contribution in [0, 0.1) is 5.92 Å². The molecule has 0 bridgehead atoms. The van der Waals surface area contributed by atoms with Crippen LogP contribution in [0.25, 0.3) is 0 Å². The monoisotopic (exact) mass is 97.1 g/mol. The number of hydrogen-bond donors (Lipinski definition) is 1. The lowest BCUT2D eigenvalue weighted by Crippen LogP contribution is -1.89. The van der Waals surface area contributed by atoms with Gasteiger partial charge in [0, 0.05) is 5.70 Å². The zero-order valence-corrected chi connectivity index (χ0v) is 4.65. The van der Waals surface area contributed by atoms with Gasteiger partial charge >= 0.3 is 0 Å². The number of hydrogen-bond acceptors (Lipinski definition) is 1. The first-order chi connectivity index (χ1) is 3.29. The van der Waals surface area contributed by atoms with Gasteiger partial charge in [0.2, 0.25) is 0 Å². The fourth-order valence-corrected chi connectivity index (χ4v) is 0.926. The Morgan fingerprint density at radius 1 is 1.86 bits per heavy atom. The molecule has 1 aliphatic rings. The molecule has 1 heteroatoms. The molecule has 7 heavy (non-hydrogen) atoms. The summed E-state index contributed by atoms with van der Waals surface area (Å²) in [4.78, 5) is 0. The molecule has 0 amide bonds. The van der Waals surface area contributed by atoms with Crippen LogP contribution in [0.1, 0.15) is 19.8 Å². The van der Waals surface area contributed by atoms with E-state index in [1.54, 1.807) is 0 Å². The zero-order chi connectivity index (χ0) is 5.28. The highest BCUT2D eigenvalue weighted by Crippen LogP contribution is 2.18. The maximum absolute atomic E-state index is 5.49. The van der Waals surface area contributed by atoms with Gasteiger partial charge in [0.1, 0.15) is 0 Å². The van der Waals surface area contributed by atoms with Crippen molar-refractivity contribution in [2.45, 2.75) is 19.8 Å². The highest BCUT2D eigenvalue weighted by Gasteiger charge is 2.06. The van der Waals surface area contributed by atoms with Gasteiger partial charge in [0.05, 0.1) is 0 Å². The summed E-state index contributed by atoms with van der Waals surface area (Å²) in [6.07, 6.45) is 4.51. The lowest BCUT2D eigenvalue weighted by molar-refractivity contribution is 0.697. The first-order valence-electron chi connectivity index (χ1n) is 2.75. The Hall–Kier alpha value is -0.460. The minimum Gasteiger partial charge on any atom is -0.402 e. The first kappa shape index (κ1) is 4.69. The molecule has 1 nitrogen and oxygen atoms in total. The highest BCUT2D eigenvalue weighted by atomic mass is 14.6. The van der Waals surface area contributed by atoms with E-state index in [2.05, 4.69) is 13.0 Å². The summed E-state index contributed by atoms with van der Waals surface area (Å²) in [5.74, 6) is 0.736. The molecule has 0 aromatic carbocycles. The molecule has 1 aliphatic carbocycles. The molecule has 1 atom stereocenters. The molecular formula is C6H11N. The van der Waals surface area contributed by atoms with Crippen molar-refractivity contribution < 1.29 is 0 Å². The lowest BCUT2D eigenvalue weighted by Gasteiger charge is -1.88. The maximum Gasteiger partial charge on any atom is 0.00428 e. The molecule has 0 aliphatic heterocycles. The van der Waals surface area contributed by atoms with Crippen molar-refractivity contribution >= 4 is 0 Å². The van der Waals surface area contributed by atoms with E-state index in [9.17, 15) is 0 Å². The third kappa shape index (κ3) is 0.952. The fraction of sp³-hybridized carbons (Fsp3) is 0.667. The average Bonchev–Trinajstić information content (AvgIpc) is 1.87. The molecule has 0 saturated carbocycles. The molecular weight excluding hydrogens is 86.1 g/mol. The van der Waals surface area contributed by atoms with Crippen LogP contribution in [0.4, 0.5) is 0 Å². The summed E-state index contributed by atoms with van der Waals surface area (Å²) >= 11 is 0. The Labute approximate surface area is 44.2 Å². The summed E-state index contributed by atoms with van der Waals surface area (Å²) < 4.78 is 0. The van der Waals surface area contributed by atoms with Gasteiger partial charge < -0.3 is 5.73 Å². The highest BCUT2D eigenvalue weighted by molar-refractivity contribution is 5.05. The quantitative estimate of drug-likeness (QED) is 0.484. The van der Waals surface area contributed by atoms with Crippen LogP contribution in [0.2, 0.25) is 0 Å². The van der Waals surface area contributed by atoms with Crippen molar-refractivity contribution in [1.82, 2.24) is 0 Å². The Kier molecular flexibility index (Phi) is 1.05. The van der Waals surface area contributed by atoms with Crippen LogP contribution in [0.5, 0.6) is 0 Å². The predicted octanol–water partition coefficient (Wildman–Crippen LogP) is 1.26. The predicted molar refractivity (Wildman–Crippen MR) is 30.7 cm³/mol. The Balaban J connectivity index is 2.50. The molecule has 1 unspecified atom stereocenters. The van der Waals surface area contributed by atoms with Crippen molar-refractivity contribution in [2.24, 2.45) is 11.7 Å². The van der Waals surface area contributed by atoms with Gasteiger partial charge in [0.15, 0.2) is 0 Å². The van der Waals surface area contributed by atoms with E-state index in [0.717, 1.165) is 18.0 Å². The molecule has 0 radical (unpaired) electrons. The van der Waals surface area contributed by atoms with E-state index in [1.807, 2.05) is 0 Å². The first-order valence-corrected chi connectivity index (χ1v) is 2.75. The van der Waals surface area contributed by atoms with Crippen LogP contribution in [0.3, 0.4) is 0 Å². The zero-order valence-electron chi connectivity index (χ0n) is 4.65. The SMILES string of the molecule is CC1C=C(N)CC1. The van der Waals surface area contributed by atoms with Crippen molar-refractivity contribution in [3.63, 3.8) is 0 Å². The molecule has 0 heterocycles. The smallest absolute Gasteiger partial charge is 0.00428 e. The largest absolute Gasteiger partial charge is 0.402 e. The van der Waals surface area contributed by atoms with Gasteiger partial charge in [-0.05, 0) is 18.8 Å². The van der Waals surface area contributed by atoms with E-state index in [0.29, 0.717) is 0 Å². The molecule has 0 aromatic rings. The van der Waals surface area contributed by atoms with Gasteiger partial charge in [-0.2, -0.15) is 0 Å². The Bertz CT molecular complexity index is 94.4. The third-order valence-electron chi connectivity index (χ3n) is 1.39. The molecule has 0 aromatic heterocycles. The average molecular weight is 97.2 g/mol. The summed E-state index contributed by atoms with van der Waals surface area (Å²) in [6.45, 7) is 2.19. The Morgan fingerprint density at radius 3 is 2.71 bits per heavy atom. The van der Waals surface area contributed by atoms with Crippen molar-refractivity contribution in [1.29, 1.82) is 0 Å². The van der Waals surface area contributed by atoms with E-state index in [-0.39, 0.29) is 0 Å². The van der Waals surface area contributed by atoms with Crippen LogP contribution >= 0.6 is 0 Å². The second kappa shape index (κ2) is 1.57. The van der Waals surface area contributed by atoms with Crippen molar-refractivity contribution in [3.8, 4) is 0 Å². The van der Waals surface area contributed by atoms with Crippen LogP contribution in [-0.2, 0) is 0 Å². The second-order valence-corrected chi connectivity index (χ2v) is 2.26. The van der Waals surface area contributed by atoms with Gasteiger partial charge in [0.25, 0.3) is 0 Å². The number of rotatable bonds is 0. The Morgan fingerprint density at radius 2 is 2.57 bits per heavy atom. The van der Waals surface area contributed by atoms with E-state index < -0.39 is 0 Å². The molecule has 40 valence electrons. The molecule has 1 rings (SSSR count). The summed E-state index contributed by atoms with van der Waals surface area (Å²) in [6, 6.07) is 0. The van der Waals surface area contributed by atoms with Gasteiger partial charge in [-0.3, -0.25) is 0 Å². The van der Waals surface area contributed by atoms with Crippen LogP contribution in [0.15, 0.2) is 11.8 Å². The van der Waals surface area contributed by atoms with E-state index in [1.165, 1.54) is 6.42 Å². The third-order valence-corrected chi connectivity index (χ3v) is 1.39. The number of allylic oxidation sites excluding steroid dienone is 2. The topological polar surface area (TPSA) is 26.0 Å². The summed E-state index contributed by atoms with van der Waals surface area (Å²) in [7, 11) is 0. The number of nitrogens with two attached hydrogens (primary N) is 1. The van der Waals surface area contributed by atoms with Crippen molar-refractivity contribution in [3.05, 3.63) is 11.8 Å². The fourth-order valence-electron chi connectivity index (χ4n) is 0.926. The molecule has 0 fully saturated rings. The second-order valence-electron chi connectivity index (χ2n) is 2.26. The van der Waals surface area contributed by atoms with Gasteiger partial charge in [-0.1, -0.05) is 13.0 Å². The standard InChI is InChI=1S/C6H11N/c1-5-2-3-6(7)4-5/h4-5H,2-3,7H2,1H3. The maximum atomic E-state index is 5.49. The summed E-state index contributed by atoms with van der Waals surface area (Å²) in [5, 5.41) is 0. The van der Waals surface area contributed by atoms with Gasteiger partial charge in [-0.15, -0.1) is 0 Å². The van der Waals surface area contributed by atoms with E-state index >= 15 is 0 Å². The minimum atomic E-state index is 0.736. The summed E-state index contributed by atoms with van der Waals surface area (Å²) in [5.41, 5.74) is 6.56. The molecule has 2 N–H and O–H groups in total. The normalized spacial score (nSPS) is 30.4.